The first-order valence-corrected chi connectivity index (χ1v) is 13.1. The van der Waals surface area contributed by atoms with Crippen LogP contribution in [0.1, 0.15) is 32.1 Å². The molecule has 4 aromatic carbocycles. The first-order chi connectivity index (χ1) is 19.7. The van der Waals surface area contributed by atoms with Crippen LogP contribution in [0.25, 0.3) is 22.3 Å². The molecule has 0 radical (unpaired) electrons. The van der Waals surface area contributed by atoms with Crippen molar-refractivity contribution in [3.63, 3.8) is 0 Å². The molecule has 0 aromatic heterocycles. The Bertz CT molecular complexity index is 1400. The van der Waals surface area contributed by atoms with E-state index in [2.05, 4.69) is 4.74 Å². The van der Waals surface area contributed by atoms with Crippen molar-refractivity contribution in [2.75, 3.05) is 13.2 Å². The van der Waals surface area contributed by atoms with Crippen molar-refractivity contribution in [1.82, 2.24) is 0 Å². The fourth-order valence-electron chi connectivity index (χ4n) is 4.20. The molecule has 0 bridgehead atoms. The van der Waals surface area contributed by atoms with Crippen LogP contribution in [0, 0.1) is 17.5 Å². The number of alkyl halides is 3. The zero-order chi connectivity index (χ0) is 29.2. The molecule has 4 rings (SSSR count). The first kappa shape index (κ1) is 29.8. The topological polar surface area (TPSA) is 27.7 Å². The number of hydrogen-bond acceptors (Lipinski definition) is 3. The summed E-state index contributed by atoms with van der Waals surface area (Å²) < 4.78 is 93.5. The number of benzene rings is 4. The van der Waals surface area contributed by atoms with Gasteiger partial charge in [-0.05, 0) is 78.1 Å². The maximum absolute atomic E-state index is 14.4. The second-order valence-corrected chi connectivity index (χ2v) is 9.33. The van der Waals surface area contributed by atoms with Gasteiger partial charge in [0.2, 0.25) is 0 Å². The van der Waals surface area contributed by atoms with Crippen molar-refractivity contribution in [2.45, 2.75) is 38.5 Å². The van der Waals surface area contributed by atoms with E-state index in [0.29, 0.717) is 47.0 Å². The van der Waals surface area contributed by atoms with Gasteiger partial charge in [0.15, 0.2) is 11.6 Å². The molecule has 216 valence electrons. The number of hydrogen-bond donors (Lipinski definition) is 0. The van der Waals surface area contributed by atoms with Crippen molar-refractivity contribution in [2.24, 2.45) is 0 Å². The number of rotatable bonds is 13. The van der Waals surface area contributed by atoms with E-state index >= 15 is 0 Å². The van der Waals surface area contributed by atoms with Crippen molar-refractivity contribution < 1.29 is 40.6 Å². The standard InChI is InChI=1S/C32H28F6O3/c33-25-11-6-23(7-12-25)28-16-15-27(21-29(28)34)40-19-5-3-1-2-4-18-39-26-13-8-22(9-14-26)24-10-17-31(30(35)20-24)41-32(36,37)38/h6-17,20-21H,1-5,18-19H2. The SMILES string of the molecule is Fc1ccc(-c2ccc(OCCCCCCCOc3ccc(-c4ccc(OC(F)(F)F)c(F)c4)cc3)cc2F)cc1. The lowest BCUT2D eigenvalue weighted by Gasteiger charge is -2.11. The van der Waals surface area contributed by atoms with Gasteiger partial charge in [-0.2, -0.15) is 0 Å². The lowest BCUT2D eigenvalue weighted by Crippen LogP contribution is -2.17. The van der Waals surface area contributed by atoms with Crippen LogP contribution in [0.5, 0.6) is 17.2 Å². The van der Waals surface area contributed by atoms with E-state index in [1.807, 2.05) is 0 Å². The largest absolute Gasteiger partial charge is 0.573 e. The van der Waals surface area contributed by atoms with Crippen molar-refractivity contribution in [3.8, 4) is 39.5 Å². The van der Waals surface area contributed by atoms with Crippen LogP contribution in [0.15, 0.2) is 84.9 Å². The van der Waals surface area contributed by atoms with Gasteiger partial charge in [-0.3, -0.25) is 0 Å². The van der Waals surface area contributed by atoms with Gasteiger partial charge in [-0.1, -0.05) is 49.6 Å². The van der Waals surface area contributed by atoms with Crippen LogP contribution in [0.3, 0.4) is 0 Å². The van der Waals surface area contributed by atoms with Crippen LogP contribution in [0.2, 0.25) is 0 Å². The van der Waals surface area contributed by atoms with Crippen LogP contribution in [-0.4, -0.2) is 19.6 Å². The number of unbranched alkanes of at least 4 members (excludes halogenated alkanes) is 4. The zero-order valence-corrected chi connectivity index (χ0v) is 22.0. The monoisotopic (exact) mass is 574 g/mol. The lowest BCUT2D eigenvalue weighted by atomic mass is 10.1. The molecular weight excluding hydrogens is 546 g/mol. The summed E-state index contributed by atoms with van der Waals surface area (Å²) in [5, 5.41) is 0. The summed E-state index contributed by atoms with van der Waals surface area (Å²) in [6.07, 6.45) is -0.375. The predicted molar refractivity (Wildman–Crippen MR) is 144 cm³/mol. The van der Waals surface area contributed by atoms with Crippen molar-refractivity contribution in [3.05, 3.63) is 102 Å². The van der Waals surface area contributed by atoms with E-state index in [1.165, 1.54) is 36.4 Å². The van der Waals surface area contributed by atoms with Crippen molar-refractivity contribution >= 4 is 0 Å². The molecule has 0 fully saturated rings. The van der Waals surface area contributed by atoms with Gasteiger partial charge in [0.25, 0.3) is 0 Å². The fraction of sp³-hybridized carbons (Fsp3) is 0.250. The third-order valence-electron chi connectivity index (χ3n) is 6.27. The molecule has 0 atom stereocenters. The maximum Gasteiger partial charge on any atom is 0.573 e. The molecular formula is C32H28F6O3. The van der Waals surface area contributed by atoms with Gasteiger partial charge < -0.3 is 14.2 Å². The molecule has 0 saturated carbocycles. The Hall–Kier alpha value is -4.14. The molecule has 0 saturated heterocycles. The minimum Gasteiger partial charge on any atom is -0.494 e. The summed E-state index contributed by atoms with van der Waals surface area (Å²) in [5.41, 5.74) is 2.03. The van der Waals surface area contributed by atoms with E-state index in [9.17, 15) is 26.3 Å². The van der Waals surface area contributed by atoms with Gasteiger partial charge >= 0.3 is 6.36 Å². The second-order valence-electron chi connectivity index (χ2n) is 9.33. The van der Waals surface area contributed by atoms with Crippen LogP contribution in [0.4, 0.5) is 26.3 Å². The summed E-state index contributed by atoms with van der Waals surface area (Å²) in [7, 11) is 0. The molecule has 0 aliphatic carbocycles. The van der Waals surface area contributed by atoms with Crippen LogP contribution >= 0.6 is 0 Å². The van der Waals surface area contributed by atoms with Gasteiger partial charge in [0, 0.05) is 11.6 Å². The molecule has 4 aromatic rings. The zero-order valence-electron chi connectivity index (χ0n) is 22.0. The summed E-state index contributed by atoms with van der Waals surface area (Å²) in [4.78, 5) is 0. The van der Waals surface area contributed by atoms with E-state index < -0.39 is 23.7 Å². The van der Waals surface area contributed by atoms with E-state index in [0.717, 1.165) is 44.2 Å². The third kappa shape index (κ3) is 9.20. The first-order valence-electron chi connectivity index (χ1n) is 13.1. The maximum atomic E-state index is 14.4. The number of ether oxygens (including phenoxy) is 3. The molecule has 0 unspecified atom stereocenters. The highest BCUT2D eigenvalue weighted by Gasteiger charge is 2.32. The molecule has 0 amide bonds. The van der Waals surface area contributed by atoms with E-state index in [1.54, 1.807) is 36.4 Å². The Morgan fingerprint density at radius 2 is 1.07 bits per heavy atom. The summed E-state index contributed by atoms with van der Waals surface area (Å²) in [5.74, 6) is -1.69. The molecule has 0 aliphatic rings. The Kier molecular flexibility index (Phi) is 10.2. The van der Waals surface area contributed by atoms with Gasteiger partial charge in [0.05, 0.1) is 13.2 Å². The van der Waals surface area contributed by atoms with Gasteiger partial charge in [-0.15, -0.1) is 13.2 Å². The highest BCUT2D eigenvalue weighted by atomic mass is 19.4. The quantitative estimate of drug-likeness (QED) is 0.118. The normalized spacial score (nSPS) is 11.4. The minimum absolute atomic E-state index is 0.373. The Labute approximate surface area is 234 Å². The molecule has 41 heavy (non-hydrogen) atoms. The molecule has 9 heteroatoms. The Morgan fingerprint density at radius 1 is 0.512 bits per heavy atom. The molecule has 0 spiro atoms. The smallest absolute Gasteiger partial charge is 0.494 e. The Morgan fingerprint density at radius 3 is 1.68 bits per heavy atom. The minimum atomic E-state index is -4.96. The number of halogens is 6. The molecule has 0 aliphatic heterocycles. The van der Waals surface area contributed by atoms with Gasteiger partial charge in [-0.25, -0.2) is 13.2 Å². The molecule has 0 N–H and O–H groups in total. The van der Waals surface area contributed by atoms with Crippen molar-refractivity contribution in [1.29, 1.82) is 0 Å². The third-order valence-corrected chi connectivity index (χ3v) is 6.27. The highest BCUT2D eigenvalue weighted by Crippen LogP contribution is 2.31. The van der Waals surface area contributed by atoms with E-state index in [-0.39, 0.29) is 5.82 Å². The van der Waals surface area contributed by atoms with Gasteiger partial charge in [0.1, 0.15) is 23.1 Å². The Balaban J connectivity index is 1.10. The highest BCUT2D eigenvalue weighted by molar-refractivity contribution is 5.66. The summed E-state index contributed by atoms with van der Waals surface area (Å²) >= 11 is 0. The lowest BCUT2D eigenvalue weighted by molar-refractivity contribution is -0.275. The second kappa shape index (κ2) is 14.0. The van der Waals surface area contributed by atoms with E-state index in [4.69, 9.17) is 9.47 Å². The molecule has 0 heterocycles. The average Bonchev–Trinajstić information content (AvgIpc) is 2.94. The fourth-order valence-corrected chi connectivity index (χ4v) is 4.20. The molecule has 3 nitrogen and oxygen atoms in total. The average molecular weight is 575 g/mol. The summed E-state index contributed by atoms with van der Waals surface area (Å²) in [6, 6.07) is 20.5. The predicted octanol–water partition coefficient (Wildman–Crippen LogP) is 9.74. The summed E-state index contributed by atoms with van der Waals surface area (Å²) in [6.45, 7) is 0.994. The van der Waals surface area contributed by atoms with Crippen LogP contribution < -0.4 is 14.2 Å². The van der Waals surface area contributed by atoms with Crippen LogP contribution in [-0.2, 0) is 0 Å².